The minimum absolute atomic E-state index is 0.0367. The molecule has 1 aliphatic heterocycles. The van der Waals surface area contributed by atoms with Crippen molar-refractivity contribution in [2.24, 2.45) is 11.7 Å². The number of hydrogen-bond donors (Lipinski definition) is 1. The van der Waals surface area contributed by atoms with Crippen LogP contribution in [0.3, 0.4) is 0 Å². The van der Waals surface area contributed by atoms with Crippen LogP contribution < -0.4 is 5.73 Å². The van der Waals surface area contributed by atoms with Crippen molar-refractivity contribution in [3.63, 3.8) is 0 Å². The molecule has 0 aromatic carbocycles. The summed E-state index contributed by atoms with van der Waals surface area (Å²) in [4.78, 5) is 11.7. The van der Waals surface area contributed by atoms with Gasteiger partial charge in [0.25, 0.3) is 0 Å². The van der Waals surface area contributed by atoms with Crippen LogP contribution in [0.5, 0.6) is 0 Å². The van der Waals surface area contributed by atoms with Gasteiger partial charge in [-0.15, -0.1) is 0 Å². The van der Waals surface area contributed by atoms with Crippen LogP contribution in [0.4, 0.5) is 0 Å². The summed E-state index contributed by atoms with van der Waals surface area (Å²) in [5.74, 6) is 0.495. The maximum atomic E-state index is 11.7. The molecule has 2 N–H and O–H groups in total. The molecule has 0 aromatic rings. The Labute approximate surface area is 85.3 Å². The van der Waals surface area contributed by atoms with Crippen LogP contribution in [0.1, 0.15) is 33.1 Å². The molecule has 0 fully saturated rings. The number of rotatable bonds is 4. The van der Waals surface area contributed by atoms with Crippen LogP contribution in [-0.2, 0) is 9.53 Å². The zero-order valence-corrected chi connectivity index (χ0v) is 8.95. The summed E-state index contributed by atoms with van der Waals surface area (Å²) in [6.07, 6.45) is 3.81. The van der Waals surface area contributed by atoms with E-state index in [9.17, 15) is 4.79 Å². The first-order chi connectivity index (χ1) is 6.61. The second-order valence-corrected chi connectivity index (χ2v) is 4.15. The van der Waals surface area contributed by atoms with Crippen molar-refractivity contribution in [3.05, 3.63) is 11.8 Å². The van der Waals surface area contributed by atoms with Gasteiger partial charge in [0.1, 0.15) is 0 Å². The number of carbonyl (C=O) groups excluding carboxylic acids is 1. The van der Waals surface area contributed by atoms with Crippen molar-refractivity contribution >= 4 is 5.78 Å². The fraction of sp³-hybridized carbons (Fsp3) is 0.727. The normalized spacial score (nSPS) is 18.7. The van der Waals surface area contributed by atoms with Gasteiger partial charge in [0.05, 0.1) is 12.9 Å². The van der Waals surface area contributed by atoms with Crippen LogP contribution in [0.15, 0.2) is 11.8 Å². The molecule has 0 bridgehead atoms. The third kappa shape index (κ3) is 3.14. The van der Waals surface area contributed by atoms with E-state index in [-0.39, 0.29) is 11.8 Å². The number of carbonyl (C=O) groups is 1. The van der Waals surface area contributed by atoms with Crippen molar-refractivity contribution < 1.29 is 9.53 Å². The molecule has 1 atom stereocenters. The van der Waals surface area contributed by atoms with Crippen LogP contribution >= 0.6 is 0 Å². The lowest BCUT2D eigenvalue weighted by molar-refractivity contribution is -0.116. The molecule has 0 aromatic heterocycles. The Kier molecular flexibility index (Phi) is 4.14. The standard InChI is InChI=1S/C11H19NO2/c1-8(2)10(12)6-11(13)9-4-3-5-14-7-9/h7-8,10H,3-6,12H2,1-2H3. The van der Waals surface area contributed by atoms with Gasteiger partial charge < -0.3 is 10.5 Å². The van der Waals surface area contributed by atoms with Gasteiger partial charge in [0, 0.05) is 18.0 Å². The van der Waals surface area contributed by atoms with E-state index in [1.807, 2.05) is 13.8 Å². The average molecular weight is 197 g/mol. The summed E-state index contributed by atoms with van der Waals surface area (Å²) < 4.78 is 5.12. The molecule has 0 spiro atoms. The third-order valence-electron chi connectivity index (χ3n) is 2.57. The molecule has 0 saturated heterocycles. The SMILES string of the molecule is CC(C)C(N)CC(=O)C1=COCCC1. The monoisotopic (exact) mass is 197 g/mol. The number of allylic oxidation sites excluding steroid dienone is 1. The molecule has 0 aliphatic carbocycles. The molecular weight excluding hydrogens is 178 g/mol. The van der Waals surface area contributed by atoms with E-state index in [2.05, 4.69) is 0 Å². The fourth-order valence-electron chi connectivity index (χ4n) is 1.35. The average Bonchev–Trinajstić information content (AvgIpc) is 2.19. The van der Waals surface area contributed by atoms with Gasteiger partial charge in [-0.2, -0.15) is 0 Å². The summed E-state index contributed by atoms with van der Waals surface area (Å²) >= 11 is 0. The summed E-state index contributed by atoms with van der Waals surface area (Å²) in [5.41, 5.74) is 6.63. The molecule has 1 rings (SSSR count). The zero-order valence-electron chi connectivity index (χ0n) is 8.95. The fourth-order valence-corrected chi connectivity index (χ4v) is 1.35. The van der Waals surface area contributed by atoms with Gasteiger partial charge in [-0.05, 0) is 18.8 Å². The summed E-state index contributed by atoms with van der Waals surface area (Å²) in [5, 5.41) is 0. The van der Waals surface area contributed by atoms with E-state index in [0.29, 0.717) is 12.3 Å². The Morgan fingerprint density at radius 2 is 2.36 bits per heavy atom. The van der Waals surface area contributed by atoms with Gasteiger partial charge in [0.2, 0.25) is 0 Å². The van der Waals surface area contributed by atoms with Crippen LogP contribution in [-0.4, -0.2) is 18.4 Å². The van der Waals surface area contributed by atoms with Gasteiger partial charge >= 0.3 is 0 Å². The highest BCUT2D eigenvalue weighted by Gasteiger charge is 2.18. The molecule has 0 saturated carbocycles. The second-order valence-electron chi connectivity index (χ2n) is 4.15. The summed E-state index contributed by atoms with van der Waals surface area (Å²) in [7, 11) is 0. The minimum Gasteiger partial charge on any atom is -0.501 e. The van der Waals surface area contributed by atoms with E-state index in [4.69, 9.17) is 10.5 Å². The van der Waals surface area contributed by atoms with E-state index in [1.54, 1.807) is 6.26 Å². The number of ketones is 1. The Balaban J connectivity index is 2.45. The topological polar surface area (TPSA) is 52.3 Å². The highest BCUT2D eigenvalue weighted by atomic mass is 16.5. The largest absolute Gasteiger partial charge is 0.501 e. The van der Waals surface area contributed by atoms with E-state index in [0.717, 1.165) is 25.0 Å². The van der Waals surface area contributed by atoms with Gasteiger partial charge in [-0.3, -0.25) is 4.79 Å². The van der Waals surface area contributed by atoms with Crippen molar-refractivity contribution in [2.45, 2.75) is 39.2 Å². The predicted octanol–water partition coefficient (Wildman–Crippen LogP) is 1.62. The molecule has 3 heteroatoms. The Morgan fingerprint density at radius 1 is 1.64 bits per heavy atom. The van der Waals surface area contributed by atoms with Crippen molar-refractivity contribution in [2.75, 3.05) is 6.61 Å². The number of Topliss-reactive ketones (excluding diaryl/α,β-unsaturated/α-hetero) is 1. The number of ether oxygens (including phenoxy) is 1. The number of nitrogens with two attached hydrogens (primary N) is 1. The van der Waals surface area contributed by atoms with Gasteiger partial charge in [0.15, 0.2) is 5.78 Å². The smallest absolute Gasteiger partial charge is 0.163 e. The Morgan fingerprint density at radius 3 is 2.86 bits per heavy atom. The summed E-state index contributed by atoms with van der Waals surface area (Å²) in [6.45, 7) is 4.79. The molecule has 14 heavy (non-hydrogen) atoms. The van der Waals surface area contributed by atoms with E-state index < -0.39 is 0 Å². The third-order valence-corrected chi connectivity index (χ3v) is 2.57. The maximum Gasteiger partial charge on any atom is 0.163 e. The molecule has 1 unspecified atom stereocenters. The van der Waals surface area contributed by atoms with Crippen molar-refractivity contribution in [1.82, 2.24) is 0 Å². The molecule has 1 aliphatic rings. The van der Waals surface area contributed by atoms with Gasteiger partial charge in [-0.25, -0.2) is 0 Å². The zero-order chi connectivity index (χ0) is 10.6. The van der Waals surface area contributed by atoms with Gasteiger partial charge in [-0.1, -0.05) is 13.8 Å². The van der Waals surface area contributed by atoms with Crippen molar-refractivity contribution in [1.29, 1.82) is 0 Å². The summed E-state index contributed by atoms with van der Waals surface area (Å²) in [6, 6.07) is -0.0367. The lowest BCUT2D eigenvalue weighted by atomic mass is 9.95. The van der Waals surface area contributed by atoms with Crippen LogP contribution in [0.2, 0.25) is 0 Å². The molecule has 1 heterocycles. The lowest BCUT2D eigenvalue weighted by Crippen LogP contribution is -2.30. The second kappa shape index (κ2) is 5.15. The first-order valence-electron chi connectivity index (χ1n) is 5.20. The first-order valence-corrected chi connectivity index (χ1v) is 5.20. The molecule has 0 amide bonds. The first kappa shape index (κ1) is 11.2. The molecule has 0 radical (unpaired) electrons. The highest BCUT2D eigenvalue weighted by molar-refractivity contribution is 5.95. The number of hydrogen-bond acceptors (Lipinski definition) is 3. The van der Waals surface area contributed by atoms with Crippen molar-refractivity contribution in [3.8, 4) is 0 Å². The van der Waals surface area contributed by atoms with E-state index >= 15 is 0 Å². The van der Waals surface area contributed by atoms with Crippen LogP contribution in [0.25, 0.3) is 0 Å². The van der Waals surface area contributed by atoms with Crippen LogP contribution in [0, 0.1) is 5.92 Å². The maximum absolute atomic E-state index is 11.7. The Hall–Kier alpha value is -0.830. The highest BCUT2D eigenvalue weighted by Crippen LogP contribution is 2.16. The minimum atomic E-state index is -0.0367. The quantitative estimate of drug-likeness (QED) is 0.745. The van der Waals surface area contributed by atoms with E-state index in [1.165, 1.54) is 0 Å². The predicted molar refractivity (Wildman–Crippen MR) is 55.7 cm³/mol. The Bertz CT molecular complexity index is 233. The molecular formula is C11H19NO2. The molecule has 80 valence electrons. The lowest BCUT2D eigenvalue weighted by Gasteiger charge is -2.17. The molecule has 3 nitrogen and oxygen atoms in total.